The summed E-state index contributed by atoms with van der Waals surface area (Å²) in [5.41, 5.74) is 4.63. The Bertz CT molecular complexity index is 585. The number of nitrogens with zero attached hydrogens (tertiary/aromatic N) is 2. The molecule has 8 heteroatoms. The van der Waals surface area contributed by atoms with Crippen LogP contribution in [0.5, 0.6) is 0 Å². The molecule has 3 rings (SSSR count). The molecule has 1 aliphatic heterocycles. The van der Waals surface area contributed by atoms with E-state index in [9.17, 15) is 18.9 Å². The minimum atomic E-state index is -3.24. The third kappa shape index (κ3) is 2.00. The minimum Gasteiger partial charge on any atom is -0.459 e. The van der Waals surface area contributed by atoms with E-state index in [0.29, 0.717) is 12.8 Å². The van der Waals surface area contributed by atoms with Gasteiger partial charge in [-0.1, -0.05) is 6.08 Å². The maximum absolute atomic E-state index is 14.5. The molecule has 0 aromatic heterocycles. The van der Waals surface area contributed by atoms with E-state index in [1.165, 1.54) is 6.08 Å². The van der Waals surface area contributed by atoms with Crippen molar-refractivity contribution in [3.8, 4) is 0 Å². The quantitative estimate of drug-likeness (QED) is 0.590. The molecule has 0 amide bonds. The van der Waals surface area contributed by atoms with E-state index < -0.39 is 29.0 Å². The van der Waals surface area contributed by atoms with Gasteiger partial charge in [-0.15, -0.1) is 0 Å². The van der Waals surface area contributed by atoms with Crippen molar-refractivity contribution in [2.24, 2.45) is 10.7 Å². The van der Waals surface area contributed by atoms with Gasteiger partial charge in [0, 0.05) is 11.3 Å². The number of fused-ring (bicyclic) bond motifs is 2. The van der Waals surface area contributed by atoms with Gasteiger partial charge in [0.05, 0.1) is 0 Å². The van der Waals surface area contributed by atoms with Gasteiger partial charge in [-0.05, 0) is 36.5 Å². The van der Waals surface area contributed by atoms with Crippen LogP contribution in [0, 0.1) is 10.1 Å². The van der Waals surface area contributed by atoms with Crippen molar-refractivity contribution < 1.29 is 18.4 Å². The van der Waals surface area contributed by atoms with Crippen LogP contribution in [-0.4, -0.2) is 35.1 Å². The van der Waals surface area contributed by atoms with Crippen LogP contribution in [-0.2, 0) is 4.74 Å². The number of hydrogen-bond acceptors (Lipinski definition) is 5. The van der Waals surface area contributed by atoms with Crippen LogP contribution in [0.25, 0.3) is 0 Å². The van der Waals surface area contributed by atoms with Crippen molar-refractivity contribution in [2.45, 2.75) is 43.2 Å². The first-order valence-corrected chi connectivity index (χ1v) is 6.77. The summed E-state index contributed by atoms with van der Waals surface area (Å²) in [6.07, 6.45) is 4.51. The fourth-order valence-electron chi connectivity index (χ4n) is 3.28. The van der Waals surface area contributed by atoms with Gasteiger partial charge in [-0.3, -0.25) is 10.1 Å². The first kappa shape index (κ1) is 14.0. The van der Waals surface area contributed by atoms with Gasteiger partial charge < -0.3 is 10.5 Å². The van der Waals surface area contributed by atoms with Crippen LogP contribution in [0.3, 0.4) is 0 Å². The van der Waals surface area contributed by atoms with Crippen LogP contribution in [0.15, 0.2) is 28.3 Å². The Morgan fingerprint density at radius 2 is 2.29 bits per heavy atom. The molecule has 0 saturated heterocycles. The van der Waals surface area contributed by atoms with Crippen LogP contribution in [0.4, 0.5) is 8.78 Å². The van der Waals surface area contributed by atoms with Crippen molar-refractivity contribution in [2.75, 3.05) is 6.61 Å². The van der Waals surface area contributed by atoms with E-state index in [-0.39, 0.29) is 24.4 Å². The number of alkyl halides is 2. The van der Waals surface area contributed by atoms with Crippen LogP contribution >= 0.6 is 0 Å². The third-order valence-corrected chi connectivity index (χ3v) is 4.32. The number of aliphatic imine (C=N–C) groups is 1. The van der Waals surface area contributed by atoms with Crippen molar-refractivity contribution in [3.05, 3.63) is 33.4 Å². The van der Waals surface area contributed by atoms with Gasteiger partial charge in [-0.2, -0.15) is 8.78 Å². The van der Waals surface area contributed by atoms with E-state index in [1.807, 2.05) is 0 Å². The molecule has 0 aromatic carbocycles. The summed E-state index contributed by atoms with van der Waals surface area (Å²) in [6.45, 7) is -0.851. The molecule has 0 aromatic rings. The number of ether oxygens (including phenoxy) is 1. The number of hydrogen-bond donors (Lipinski definition) is 1. The third-order valence-electron chi connectivity index (χ3n) is 4.32. The standard InChI is InChI=1S/C13H15F2N3O3/c14-13(15)7-21-11(16)17-12(13)5-1-2-8-3-4-9(18(19)20)6-10(8)12/h3,6,9H,1-2,4-5,7H2,(H2,16,17)/t9?,12-/m1/s1. The predicted octanol–water partition coefficient (Wildman–Crippen LogP) is 1.79. The lowest BCUT2D eigenvalue weighted by Crippen LogP contribution is -2.57. The van der Waals surface area contributed by atoms with E-state index in [4.69, 9.17) is 5.73 Å². The summed E-state index contributed by atoms with van der Waals surface area (Å²) in [6, 6.07) is -1.28. The number of nitro groups is 1. The van der Waals surface area contributed by atoms with E-state index in [0.717, 1.165) is 5.57 Å². The molecule has 2 atom stereocenters. The molecule has 0 radical (unpaired) electrons. The lowest BCUT2D eigenvalue weighted by atomic mass is 9.68. The lowest BCUT2D eigenvalue weighted by molar-refractivity contribution is -0.508. The molecule has 0 bridgehead atoms. The summed E-state index contributed by atoms with van der Waals surface area (Å²) >= 11 is 0. The Labute approximate surface area is 119 Å². The van der Waals surface area contributed by atoms with Crippen LogP contribution < -0.4 is 5.73 Å². The largest absolute Gasteiger partial charge is 0.459 e. The van der Waals surface area contributed by atoms with E-state index >= 15 is 0 Å². The smallest absolute Gasteiger partial charge is 0.310 e. The van der Waals surface area contributed by atoms with Gasteiger partial charge in [0.2, 0.25) is 6.04 Å². The molecular formula is C13H15F2N3O3. The van der Waals surface area contributed by atoms with Crippen LogP contribution in [0.1, 0.15) is 25.7 Å². The Kier molecular flexibility index (Phi) is 3.00. The molecular weight excluding hydrogens is 284 g/mol. The zero-order chi connectivity index (χ0) is 15.3. The highest BCUT2D eigenvalue weighted by atomic mass is 19.3. The molecule has 1 fully saturated rings. The highest BCUT2D eigenvalue weighted by Gasteiger charge is 2.61. The zero-order valence-electron chi connectivity index (χ0n) is 11.2. The molecule has 21 heavy (non-hydrogen) atoms. The Morgan fingerprint density at radius 1 is 1.52 bits per heavy atom. The second-order valence-electron chi connectivity index (χ2n) is 5.56. The average molecular weight is 299 g/mol. The Morgan fingerprint density at radius 3 is 3.00 bits per heavy atom. The van der Waals surface area contributed by atoms with Gasteiger partial charge in [-0.25, -0.2) is 4.99 Å². The fraction of sp³-hybridized carbons (Fsp3) is 0.615. The van der Waals surface area contributed by atoms with Gasteiger partial charge in [0.1, 0.15) is 0 Å². The van der Waals surface area contributed by atoms with E-state index in [1.54, 1.807) is 6.08 Å². The first-order chi connectivity index (χ1) is 9.86. The molecule has 1 unspecified atom stereocenters. The van der Waals surface area contributed by atoms with Gasteiger partial charge in [0.15, 0.2) is 12.1 Å². The Balaban J connectivity index is 2.14. The summed E-state index contributed by atoms with van der Waals surface area (Å²) in [5.74, 6) is -3.24. The summed E-state index contributed by atoms with van der Waals surface area (Å²) in [5, 5.41) is 11.0. The SMILES string of the molecule is NC1=N[C@@]2(CCCC3=CCC([N+](=O)[O-])C=C32)C(F)(F)CO1. The van der Waals surface area contributed by atoms with Gasteiger partial charge >= 0.3 is 5.92 Å². The molecule has 1 heterocycles. The minimum absolute atomic E-state index is 0.109. The maximum Gasteiger partial charge on any atom is 0.310 e. The molecule has 114 valence electrons. The fourth-order valence-corrected chi connectivity index (χ4v) is 3.28. The molecule has 1 saturated carbocycles. The Hall–Kier alpha value is -1.99. The van der Waals surface area contributed by atoms with Crippen molar-refractivity contribution >= 4 is 6.02 Å². The highest BCUT2D eigenvalue weighted by molar-refractivity contribution is 5.74. The van der Waals surface area contributed by atoms with Crippen LogP contribution in [0.2, 0.25) is 0 Å². The monoisotopic (exact) mass is 299 g/mol. The lowest BCUT2D eigenvalue weighted by Gasteiger charge is -2.45. The normalized spacial score (nSPS) is 34.2. The zero-order valence-corrected chi connectivity index (χ0v) is 11.2. The molecule has 3 aliphatic rings. The number of rotatable bonds is 1. The number of amidine groups is 1. The summed E-state index contributed by atoms with van der Waals surface area (Å²) in [7, 11) is 0. The molecule has 1 spiro atoms. The summed E-state index contributed by atoms with van der Waals surface area (Å²) < 4.78 is 33.7. The second kappa shape index (κ2) is 4.51. The number of nitrogens with two attached hydrogens (primary N) is 1. The summed E-state index contributed by atoms with van der Waals surface area (Å²) in [4.78, 5) is 14.4. The van der Waals surface area contributed by atoms with Crippen molar-refractivity contribution in [3.63, 3.8) is 0 Å². The average Bonchev–Trinajstić information content (AvgIpc) is 2.43. The molecule has 2 N–H and O–H groups in total. The maximum atomic E-state index is 14.5. The molecule has 2 aliphatic carbocycles. The second-order valence-corrected chi connectivity index (χ2v) is 5.56. The number of halogens is 2. The van der Waals surface area contributed by atoms with E-state index in [2.05, 4.69) is 9.73 Å². The topological polar surface area (TPSA) is 90.8 Å². The highest BCUT2D eigenvalue weighted by Crippen LogP contribution is 2.51. The predicted molar refractivity (Wildman–Crippen MR) is 70.7 cm³/mol. The first-order valence-electron chi connectivity index (χ1n) is 6.77. The van der Waals surface area contributed by atoms with Gasteiger partial charge in [0.25, 0.3) is 6.02 Å². The van der Waals surface area contributed by atoms with Crippen molar-refractivity contribution in [1.29, 1.82) is 0 Å². The molecule has 6 nitrogen and oxygen atoms in total. The van der Waals surface area contributed by atoms with Crippen molar-refractivity contribution in [1.82, 2.24) is 0 Å².